The molecule has 1 heterocycles. The van der Waals surface area contributed by atoms with Crippen molar-refractivity contribution in [1.82, 2.24) is 0 Å². The Morgan fingerprint density at radius 2 is 1.84 bits per heavy atom. The van der Waals surface area contributed by atoms with Crippen molar-refractivity contribution in [3.8, 4) is 0 Å². The van der Waals surface area contributed by atoms with Crippen molar-refractivity contribution in [3.05, 3.63) is 70.2 Å². The number of rotatable bonds is 1. The third kappa shape index (κ3) is 1.67. The van der Waals surface area contributed by atoms with Crippen LogP contribution >= 0.6 is 11.6 Å². The summed E-state index contributed by atoms with van der Waals surface area (Å²) in [6, 6.07) is 16.3. The SMILES string of the molecule is Clc1ccc(C2=NO[C@H]3c4ccccc4C[C@@H]23)cc1. The number of fused-ring (bicyclic) bond motifs is 3. The summed E-state index contributed by atoms with van der Waals surface area (Å²) in [6.07, 6.45) is 1.09. The van der Waals surface area contributed by atoms with Gasteiger partial charge < -0.3 is 4.84 Å². The maximum Gasteiger partial charge on any atom is 0.161 e. The molecule has 2 aliphatic rings. The largest absolute Gasteiger partial charge is 0.387 e. The van der Waals surface area contributed by atoms with Crippen molar-refractivity contribution in [2.24, 2.45) is 11.1 Å². The monoisotopic (exact) mass is 269 g/mol. The summed E-state index contributed by atoms with van der Waals surface area (Å²) in [5, 5.41) is 5.04. The van der Waals surface area contributed by atoms with E-state index in [0.717, 1.165) is 22.7 Å². The zero-order chi connectivity index (χ0) is 12.8. The lowest BCUT2D eigenvalue weighted by Crippen LogP contribution is -2.14. The van der Waals surface area contributed by atoms with Crippen LogP contribution in [0.4, 0.5) is 0 Å². The number of benzene rings is 2. The van der Waals surface area contributed by atoms with E-state index in [-0.39, 0.29) is 6.10 Å². The van der Waals surface area contributed by atoms with Crippen molar-refractivity contribution in [2.45, 2.75) is 12.5 Å². The summed E-state index contributed by atoms with van der Waals surface area (Å²) in [6.45, 7) is 0. The Hall–Kier alpha value is -1.80. The van der Waals surface area contributed by atoms with Gasteiger partial charge in [-0.15, -0.1) is 0 Å². The Morgan fingerprint density at radius 3 is 2.68 bits per heavy atom. The first-order valence-electron chi connectivity index (χ1n) is 6.40. The Morgan fingerprint density at radius 1 is 1.05 bits per heavy atom. The van der Waals surface area contributed by atoms with Gasteiger partial charge in [-0.25, -0.2) is 0 Å². The van der Waals surface area contributed by atoms with Crippen LogP contribution in [0.15, 0.2) is 53.7 Å². The molecule has 4 rings (SSSR count). The molecule has 0 unspecified atom stereocenters. The molecule has 1 aliphatic carbocycles. The lowest BCUT2D eigenvalue weighted by atomic mass is 9.93. The zero-order valence-corrected chi connectivity index (χ0v) is 11.0. The van der Waals surface area contributed by atoms with Crippen LogP contribution in [0, 0.1) is 5.92 Å². The molecule has 3 heteroatoms. The van der Waals surface area contributed by atoms with E-state index < -0.39 is 0 Å². The van der Waals surface area contributed by atoms with E-state index in [1.54, 1.807) is 0 Å². The predicted octanol–water partition coefficient (Wildman–Crippen LogP) is 3.99. The van der Waals surface area contributed by atoms with Crippen LogP contribution in [0.25, 0.3) is 0 Å². The maximum atomic E-state index is 5.93. The fraction of sp³-hybridized carbons (Fsp3) is 0.188. The first kappa shape index (κ1) is 11.1. The fourth-order valence-electron chi connectivity index (χ4n) is 3.00. The van der Waals surface area contributed by atoms with Crippen molar-refractivity contribution in [2.75, 3.05) is 0 Å². The molecular weight excluding hydrogens is 258 g/mol. The zero-order valence-electron chi connectivity index (χ0n) is 10.2. The Balaban J connectivity index is 1.70. The van der Waals surface area contributed by atoms with Gasteiger partial charge in [-0.05, 0) is 35.2 Å². The topological polar surface area (TPSA) is 21.6 Å². The number of oxime groups is 1. The van der Waals surface area contributed by atoms with Gasteiger partial charge in [0.05, 0.1) is 11.6 Å². The Bertz CT molecular complexity index is 663. The molecule has 19 heavy (non-hydrogen) atoms. The fourth-order valence-corrected chi connectivity index (χ4v) is 3.12. The van der Waals surface area contributed by atoms with E-state index in [2.05, 4.69) is 29.4 Å². The van der Waals surface area contributed by atoms with E-state index in [1.165, 1.54) is 11.1 Å². The van der Waals surface area contributed by atoms with Crippen molar-refractivity contribution < 1.29 is 4.84 Å². The number of hydrogen-bond donors (Lipinski definition) is 0. The summed E-state index contributed by atoms with van der Waals surface area (Å²) >= 11 is 5.93. The normalized spacial score (nSPS) is 23.5. The minimum Gasteiger partial charge on any atom is -0.387 e. The number of hydrogen-bond acceptors (Lipinski definition) is 2. The van der Waals surface area contributed by atoms with E-state index in [1.807, 2.05) is 24.3 Å². The van der Waals surface area contributed by atoms with Gasteiger partial charge in [-0.1, -0.05) is 53.2 Å². The first-order chi connectivity index (χ1) is 9.33. The molecule has 0 N–H and O–H groups in total. The van der Waals surface area contributed by atoms with Crippen molar-refractivity contribution in [3.63, 3.8) is 0 Å². The van der Waals surface area contributed by atoms with Crippen LogP contribution in [0.1, 0.15) is 22.8 Å². The summed E-state index contributed by atoms with van der Waals surface area (Å²) in [7, 11) is 0. The van der Waals surface area contributed by atoms with E-state index >= 15 is 0 Å². The second-order valence-electron chi connectivity index (χ2n) is 5.02. The Kier molecular flexibility index (Phi) is 2.39. The van der Waals surface area contributed by atoms with Gasteiger partial charge in [0.2, 0.25) is 0 Å². The van der Waals surface area contributed by atoms with Gasteiger partial charge >= 0.3 is 0 Å². The van der Waals surface area contributed by atoms with Gasteiger partial charge in [-0.3, -0.25) is 0 Å². The van der Waals surface area contributed by atoms with Crippen molar-refractivity contribution >= 4 is 17.3 Å². The summed E-state index contributed by atoms with van der Waals surface area (Å²) in [4.78, 5) is 5.66. The standard InChI is InChI=1S/C16H12ClNO/c17-12-7-5-10(6-8-12)15-14-9-11-3-1-2-4-13(11)16(14)19-18-15/h1-8,14,16H,9H2/t14-,16-/m0/s1. The molecule has 2 aromatic carbocycles. The van der Waals surface area contributed by atoms with Crippen LogP contribution in [-0.2, 0) is 11.3 Å². The van der Waals surface area contributed by atoms with Gasteiger partial charge in [0.1, 0.15) is 0 Å². The average Bonchev–Trinajstić information content (AvgIpc) is 2.98. The van der Waals surface area contributed by atoms with Crippen LogP contribution in [0.5, 0.6) is 0 Å². The molecule has 1 aliphatic heterocycles. The molecule has 0 bridgehead atoms. The lowest BCUT2D eigenvalue weighted by Gasteiger charge is -2.09. The molecule has 0 radical (unpaired) electrons. The molecule has 0 amide bonds. The van der Waals surface area contributed by atoms with Crippen LogP contribution in [0.3, 0.4) is 0 Å². The summed E-state index contributed by atoms with van der Waals surface area (Å²) < 4.78 is 0. The second-order valence-corrected chi connectivity index (χ2v) is 5.46. The molecular formula is C16H12ClNO. The predicted molar refractivity (Wildman–Crippen MR) is 75.5 cm³/mol. The molecule has 0 saturated heterocycles. The van der Waals surface area contributed by atoms with E-state index in [0.29, 0.717) is 5.92 Å². The van der Waals surface area contributed by atoms with Gasteiger partial charge in [-0.2, -0.15) is 0 Å². The third-order valence-corrected chi connectivity index (χ3v) is 4.17. The highest BCUT2D eigenvalue weighted by molar-refractivity contribution is 6.30. The minimum absolute atomic E-state index is 0.0851. The second kappa shape index (κ2) is 4.10. The van der Waals surface area contributed by atoms with E-state index in [9.17, 15) is 0 Å². The molecule has 0 fully saturated rings. The minimum atomic E-state index is 0.0851. The van der Waals surface area contributed by atoms with Gasteiger partial charge in [0.15, 0.2) is 6.10 Å². The highest BCUT2D eigenvalue weighted by atomic mass is 35.5. The summed E-state index contributed by atoms with van der Waals surface area (Å²) in [5.41, 5.74) is 4.79. The number of nitrogens with zero attached hydrogens (tertiary/aromatic N) is 1. The quantitative estimate of drug-likeness (QED) is 0.767. The molecule has 0 spiro atoms. The van der Waals surface area contributed by atoms with Crippen molar-refractivity contribution in [1.29, 1.82) is 0 Å². The molecule has 94 valence electrons. The third-order valence-electron chi connectivity index (χ3n) is 3.92. The summed E-state index contributed by atoms with van der Waals surface area (Å²) in [5.74, 6) is 0.332. The van der Waals surface area contributed by atoms with Crippen LogP contribution < -0.4 is 0 Å². The molecule has 0 aromatic heterocycles. The highest BCUT2D eigenvalue weighted by Crippen LogP contribution is 2.44. The molecule has 0 saturated carbocycles. The highest BCUT2D eigenvalue weighted by Gasteiger charge is 2.42. The lowest BCUT2D eigenvalue weighted by molar-refractivity contribution is 0.0697. The van der Waals surface area contributed by atoms with Gasteiger partial charge in [0.25, 0.3) is 0 Å². The van der Waals surface area contributed by atoms with Gasteiger partial charge in [0, 0.05) is 5.02 Å². The maximum absolute atomic E-state index is 5.93. The van der Waals surface area contributed by atoms with Crippen LogP contribution in [0.2, 0.25) is 5.02 Å². The first-order valence-corrected chi connectivity index (χ1v) is 6.78. The molecule has 2 nitrogen and oxygen atoms in total. The van der Waals surface area contributed by atoms with Crippen LogP contribution in [-0.4, -0.2) is 5.71 Å². The average molecular weight is 270 g/mol. The van der Waals surface area contributed by atoms with E-state index in [4.69, 9.17) is 16.4 Å². The molecule has 2 aromatic rings. The smallest absolute Gasteiger partial charge is 0.161 e. The number of halogens is 1. The molecule has 2 atom stereocenters. The Labute approximate surface area is 116 Å².